The number of hydrogen-bond donors (Lipinski definition) is 0. The van der Waals surface area contributed by atoms with Crippen LogP contribution in [-0.2, 0) is 11.0 Å². The van der Waals surface area contributed by atoms with Crippen molar-refractivity contribution in [2.24, 2.45) is 0 Å². The first-order chi connectivity index (χ1) is 10.9. The quantitative estimate of drug-likeness (QED) is 0.627. The van der Waals surface area contributed by atoms with Gasteiger partial charge in [-0.2, -0.15) is 13.2 Å². The fourth-order valence-electron chi connectivity index (χ4n) is 2.29. The van der Waals surface area contributed by atoms with Crippen molar-refractivity contribution in [3.63, 3.8) is 0 Å². The zero-order valence-corrected chi connectivity index (χ0v) is 12.5. The number of carbonyl (C=O) groups is 1. The lowest BCUT2D eigenvalue weighted by molar-refractivity contribution is -0.138. The number of rotatable bonds is 4. The van der Waals surface area contributed by atoms with Crippen LogP contribution in [0.15, 0.2) is 12.4 Å². The molecule has 23 heavy (non-hydrogen) atoms. The molecule has 0 aromatic carbocycles. The molecule has 0 unspecified atom stereocenters. The number of alkyl halides is 3. The van der Waals surface area contributed by atoms with Crippen LogP contribution in [0.3, 0.4) is 0 Å². The van der Waals surface area contributed by atoms with Crippen LogP contribution in [-0.4, -0.2) is 47.0 Å². The standard InChI is InChI=1S/C15H17F3N4O/c1-2-3-4-5-13(23)21-6-8-22(9-7-21)14-19-10-12(11-20-14)15(16,17)18/h1,10-11H,3-9H2. The van der Waals surface area contributed by atoms with E-state index in [0.29, 0.717) is 45.4 Å². The van der Waals surface area contributed by atoms with Crippen LogP contribution in [0, 0.1) is 12.3 Å². The molecule has 0 radical (unpaired) electrons. The SMILES string of the molecule is C#CCCCC(=O)N1CCN(c2ncc(C(F)(F)F)cn2)CC1. The minimum Gasteiger partial charge on any atom is -0.339 e. The van der Waals surface area contributed by atoms with Crippen molar-refractivity contribution in [2.45, 2.75) is 25.4 Å². The first-order valence-corrected chi connectivity index (χ1v) is 7.27. The highest BCUT2D eigenvalue weighted by molar-refractivity contribution is 5.76. The molecule has 1 fully saturated rings. The Kier molecular flexibility index (Phi) is 5.42. The summed E-state index contributed by atoms with van der Waals surface area (Å²) in [6.07, 6.45) is 3.92. The second-order valence-electron chi connectivity index (χ2n) is 5.20. The highest BCUT2D eigenvalue weighted by Crippen LogP contribution is 2.28. The minimum atomic E-state index is -4.44. The normalized spacial score (nSPS) is 15.4. The fraction of sp³-hybridized carbons (Fsp3) is 0.533. The van der Waals surface area contributed by atoms with E-state index in [9.17, 15) is 18.0 Å². The number of anilines is 1. The molecule has 0 saturated carbocycles. The Labute approximate surface area is 132 Å². The maximum absolute atomic E-state index is 12.5. The van der Waals surface area contributed by atoms with Crippen molar-refractivity contribution in [2.75, 3.05) is 31.1 Å². The van der Waals surface area contributed by atoms with Gasteiger partial charge in [0.05, 0.1) is 5.56 Å². The zero-order valence-electron chi connectivity index (χ0n) is 12.5. The van der Waals surface area contributed by atoms with E-state index in [1.54, 1.807) is 9.80 Å². The molecule has 1 saturated heterocycles. The van der Waals surface area contributed by atoms with Crippen LogP contribution < -0.4 is 4.90 Å². The first-order valence-electron chi connectivity index (χ1n) is 7.27. The van der Waals surface area contributed by atoms with Crippen molar-refractivity contribution in [1.29, 1.82) is 0 Å². The third-order valence-corrected chi connectivity index (χ3v) is 3.59. The molecule has 5 nitrogen and oxygen atoms in total. The molecule has 0 bridgehead atoms. The molecule has 124 valence electrons. The number of terminal acetylenes is 1. The summed E-state index contributed by atoms with van der Waals surface area (Å²) in [7, 11) is 0. The Morgan fingerprint density at radius 1 is 1.22 bits per heavy atom. The molecule has 0 spiro atoms. The van der Waals surface area contributed by atoms with Crippen LogP contribution in [0.4, 0.5) is 19.1 Å². The van der Waals surface area contributed by atoms with Gasteiger partial charge in [-0.1, -0.05) is 0 Å². The molecule has 1 aliphatic heterocycles. The Bertz CT molecular complexity index is 572. The van der Waals surface area contributed by atoms with E-state index in [4.69, 9.17) is 6.42 Å². The molecule has 2 rings (SSSR count). The highest BCUT2D eigenvalue weighted by atomic mass is 19.4. The van der Waals surface area contributed by atoms with Crippen LogP contribution in [0.25, 0.3) is 0 Å². The van der Waals surface area contributed by atoms with Gasteiger partial charge in [0.2, 0.25) is 11.9 Å². The molecule has 2 heterocycles. The number of hydrogen-bond acceptors (Lipinski definition) is 4. The summed E-state index contributed by atoms with van der Waals surface area (Å²) in [6.45, 7) is 1.98. The van der Waals surface area contributed by atoms with Crippen LogP contribution in [0.5, 0.6) is 0 Å². The Balaban J connectivity index is 1.87. The molecule has 1 aromatic rings. The lowest BCUT2D eigenvalue weighted by Crippen LogP contribution is -2.49. The number of halogens is 3. The van der Waals surface area contributed by atoms with Gasteiger partial charge in [0.25, 0.3) is 0 Å². The third-order valence-electron chi connectivity index (χ3n) is 3.59. The van der Waals surface area contributed by atoms with Gasteiger partial charge < -0.3 is 9.80 Å². The fourth-order valence-corrected chi connectivity index (χ4v) is 2.29. The van der Waals surface area contributed by atoms with Crippen molar-refractivity contribution < 1.29 is 18.0 Å². The van der Waals surface area contributed by atoms with Gasteiger partial charge in [-0.05, 0) is 6.42 Å². The predicted octanol–water partition coefficient (Wildman–Crippen LogP) is 1.95. The summed E-state index contributed by atoms with van der Waals surface area (Å²) in [4.78, 5) is 23.0. The van der Waals surface area contributed by atoms with Crippen LogP contribution >= 0.6 is 0 Å². The Hall–Kier alpha value is -2.30. The number of unbranched alkanes of at least 4 members (excludes halogenated alkanes) is 1. The highest BCUT2D eigenvalue weighted by Gasteiger charge is 2.32. The van der Waals surface area contributed by atoms with E-state index >= 15 is 0 Å². The summed E-state index contributed by atoms with van der Waals surface area (Å²) in [6, 6.07) is 0. The molecule has 0 atom stereocenters. The second-order valence-corrected chi connectivity index (χ2v) is 5.20. The Morgan fingerprint density at radius 2 is 1.83 bits per heavy atom. The average molecular weight is 326 g/mol. The van der Waals surface area contributed by atoms with Crippen LogP contribution in [0.2, 0.25) is 0 Å². The van der Waals surface area contributed by atoms with Gasteiger partial charge in [0.1, 0.15) is 0 Å². The Morgan fingerprint density at radius 3 is 2.35 bits per heavy atom. The average Bonchev–Trinajstić information content (AvgIpc) is 2.54. The lowest BCUT2D eigenvalue weighted by atomic mass is 10.2. The molecule has 1 amide bonds. The van der Waals surface area contributed by atoms with Crippen molar-refractivity contribution in [3.8, 4) is 12.3 Å². The van der Waals surface area contributed by atoms with Gasteiger partial charge in [0.15, 0.2) is 0 Å². The zero-order chi connectivity index (χ0) is 16.9. The molecular formula is C15H17F3N4O. The van der Waals surface area contributed by atoms with Crippen molar-refractivity contribution >= 4 is 11.9 Å². The number of nitrogens with zero attached hydrogens (tertiary/aromatic N) is 4. The summed E-state index contributed by atoms with van der Waals surface area (Å²) in [5.74, 6) is 2.79. The van der Waals surface area contributed by atoms with Gasteiger partial charge in [-0.15, -0.1) is 12.3 Å². The van der Waals surface area contributed by atoms with Gasteiger partial charge in [0, 0.05) is 51.4 Å². The van der Waals surface area contributed by atoms with E-state index in [1.165, 1.54) is 0 Å². The third kappa shape index (κ3) is 4.58. The summed E-state index contributed by atoms with van der Waals surface area (Å²) in [5.41, 5.74) is -0.872. The molecule has 1 aromatic heterocycles. The minimum absolute atomic E-state index is 0.0493. The van der Waals surface area contributed by atoms with Gasteiger partial charge in [-0.3, -0.25) is 4.79 Å². The van der Waals surface area contributed by atoms with E-state index in [-0.39, 0.29) is 11.9 Å². The molecule has 1 aliphatic rings. The molecule has 0 aliphatic carbocycles. The number of piperazine rings is 1. The molecule has 0 N–H and O–H groups in total. The summed E-state index contributed by atoms with van der Waals surface area (Å²) in [5, 5.41) is 0. The lowest BCUT2D eigenvalue weighted by Gasteiger charge is -2.34. The van der Waals surface area contributed by atoms with Crippen molar-refractivity contribution in [1.82, 2.24) is 14.9 Å². The maximum atomic E-state index is 12.5. The van der Waals surface area contributed by atoms with Gasteiger partial charge >= 0.3 is 6.18 Å². The van der Waals surface area contributed by atoms with Crippen LogP contribution in [0.1, 0.15) is 24.8 Å². The van der Waals surface area contributed by atoms with E-state index < -0.39 is 11.7 Å². The number of amides is 1. The number of aromatic nitrogens is 2. The smallest absolute Gasteiger partial charge is 0.339 e. The largest absolute Gasteiger partial charge is 0.419 e. The number of carbonyl (C=O) groups excluding carboxylic acids is 1. The maximum Gasteiger partial charge on any atom is 0.419 e. The summed E-state index contributed by atoms with van der Waals surface area (Å²) >= 11 is 0. The van der Waals surface area contributed by atoms with Crippen molar-refractivity contribution in [3.05, 3.63) is 18.0 Å². The second kappa shape index (κ2) is 7.31. The topological polar surface area (TPSA) is 49.3 Å². The van der Waals surface area contributed by atoms with E-state index in [0.717, 1.165) is 12.4 Å². The van der Waals surface area contributed by atoms with Gasteiger partial charge in [-0.25, -0.2) is 9.97 Å². The van der Waals surface area contributed by atoms with E-state index in [1.807, 2.05) is 0 Å². The predicted molar refractivity (Wildman–Crippen MR) is 78.5 cm³/mol. The molecule has 8 heteroatoms. The first kappa shape index (κ1) is 17.1. The monoisotopic (exact) mass is 326 g/mol. The molecular weight excluding hydrogens is 309 g/mol. The van der Waals surface area contributed by atoms with E-state index in [2.05, 4.69) is 15.9 Å². The summed E-state index contributed by atoms with van der Waals surface area (Å²) < 4.78 is 37.4.